The largest absolute Gasteiger partial charge is 0.416 e. The smallest absolute Gasteiger partial charge is 0.398 e. The van der Waals surface area contributed by atoms with Gasteiger partial charge in [0.05, 0.1) is 18.1 Å². The Morgan fingerprint density at radius 1 is 1.38 bits per heavy atom. The molecule has 0 amide bonds. The van der Waals surface area contributed by atoms with Gasteiger partial charge in [-0.15, -0.1) is 0 Å². The number of anilines is 1. The molecule has 0 aliphatic heterocycles. The Balaban J connectivity index is 2.97. The van der Waals surface area contributed by atoms with Crippen molar-refractivity contribution >= 4 is 11.8 Å². The van der Waals surface area contributed by atoms with Crippen molar-refractivity contribution in [3.8, 4) is 6.07 Å². The summed E-state index contributed by atoms with van der Waals surface area (Å²) in [7, 11) is 0. The molecule has 0 fully saturated rings. The van der Waals surface area contributed by atoms with Gasteiger partial charge >= 0.3 is 6.18 Å². The fourth-order valence-electron chi connectivity index (χ4n) is 1.14. The minimum Gasteiger partial charge on any atom is -0.398 e. The van der Waals surface area contributed by atoms with Gasteiger partial charge in [-0.3, -0.25) is 0 Å². The van der Waals surface area contributed by atoms with Crippen molar-refractivity contribution in [2.45, 2.75) is 12.6 Å². The number of alkyl halides is 3. The van der Waals surface area contributed by atoms with Crippen LogP contribution in [0.3, 0.4) is 0 Å². The van der Waals surface area contributed by atoms with Crippen molar-refractivity contribution in [1.82, 2.24) is 0 Å². The second-order valence-corrected chi connectivity index (χ2v) is 3.11. The third kappa shape index (κ3) is 3.02. The number of benzene rings is 1. The van der Waals surface area contributed by atoms with Gasteiger partial charge in [-0.05, 0) is 17.7 Å². The van der Waals surface area contributed by atoms with Gasteiger partial charge < -0.3 is 5.73 Å². The predicted molar refractivity (Wildman–Crippen MR) is 55.1 cm³/mol. The average molecular weight is 226 g/mol. The van der Waals surface area contributed by atoms with Gasteiger partial charge in [0.1, 0.15) is 0 Å². The van der Waals surface area contributed by atoms with Crippen molar-refractivity contribution in [1.29, 1.82) is 5.26 Å². The molecule has 16 heavy (non-hydrogen) atoms. The monoisotopic (exact) mass is 226 g/mol. The van der Waals surface area contributed by atoms with Crippen LogP contribution in [0.1, 0.15) is 17.5 Å². The standard InChI is InChI=1S/C11H9F3N2/c12-11(13,14)9-5-4-8(10(16)7-9)3-1-2-6-15/h1,3-5,7H,2,16H2. The number of nitriles is 1. The summed E-state index contributed by atoms with van der Waals surface area (Å²) in [6.45, 7) is 0. The molecule has 0 bridgehead atoms. The highest BCUT2D eigenvalue weighted by Crippen LogP contribution is 2.31. The molecule has 1 aromatic carbocycles. The van der Waals surface area contributed by atoms with Crippen LogP contribution < -0.4 is 5.73 Å². The first kappa shape index (κ1) is 12.1. The SMILES string of the molecule is N#CCC=Cc1ccc(C(F)(F)F)cc1N. The van der Waals surface area contributed by atoms with E-state index in [0.717, 1.165) is 12.1 Å². The molecule has 1 rings (SSSR count). The van der Waals surface area contributed by atoms with Crippen LogP contribution in [0.15, 0.2) is 24.3 Å². The van der Waals surface area contributed by atoms with Crippen molar-refractivity contribution in [3.63, 3.8) is 0 Å². The van der Waals surface area contributed by atoms with E-state index in [-0.39, 0.29) is 12.1 Å². The highest BCUT2D eigenvalue weighted by Gasteiger charge is 2.30. The molecule has 0 atom stereocenters. The van der Waals surface area contributed by atoms with Gasteiger partial charge in [0.15, 0.2) is 0 Å². The summed E-state index contributed by atoms with van der Waals surface area (Å²) in [5, 5.41) is 8.28. The van der Waals surface area contributed by atoms with Crippen molar-refractivity contribution in [2.75, 3.05) is 5.73 Å². The first-order valence-corrected chi connectivity index (χ1v) is 4.45. The molecule has 0 saturated heterocycles. The molecular weight excluding hydrogens is 217 g/mol. The van der Waals surface area contributed by atoms with E-state index >= 15 is 0 Å². The topological polar surface area (TPSA) is 49.8 Å². The zero-order valence-electron chi connectivity index (χ0n) is 8.25. The third-order valence-electron chi connectivity index (χ3n) is 1.92. The van der Waals surface area contributed by atoms with E-state index in [0.29, 0.717) is 5.56 Å². The molecule has 0 aliphatic carbocycles. The number of allylic oxidation sites excluding steroid dienone is 1. The van der Waals surface area contributed by atoms with Gasteiger partial charge in [0.25, 0.3) is 0 Å². The Morgan fingerprint density at radius 3 is 2.56 bits per heavy atom. The summed E-state index contributed by atoms with van der Waals surface area (Å²) >= 11 is 0. The quantitative estimate of drug-likeness (QED) is 0.787. The zero-order valence-corrected chi connectivity index (χ0v) is 8.25. The van der Waals surface area contributed by atoms with Crippen LogP contribution >= 0.6 is 0 Å². The molecular formula is C11H9F3N2. The van der Waals surface area contributed by atoms with Crippen LogP contribution in [0.4, 0.5) is 18.9 Å². The molecule has 84 valence electrons. The molecule has 2 nitrogen and oxygen atoms in total. The van der Waals surface area contributed by atoms with Crippen LogP contribution in [0.2, 0.25) is 0 Å². The second kappa shape index (κ2) is 4.71. The second-order valence-electron chi connectivity index (χ2n) is 3.11. The van der Waals surface area contributed by atoms with Gasteiger partial charge in [0.2, 0.25) is 0 Å². The summed E-state index contributed by atoms with van der Waals surface area (Å²) < 4.78 is 36.9. The molecule has 0 aliphatic rings. The van der Waals surface area contributed by atoms with E-state index in [1.54, 1.807) is 6.08 Å². The minimum atomic E-state index is -4.39. The zero-order chi connectivity index (χ0) is 12.2. The van der Waals surface area contributed by atoms with Crippen LogP contribution in [-0.2, 0) is 6.18 Å². The first-order chi connectivity index (χ1) is 7.45. The Hall–Kier alpha value is -1.96. The van der Waals surface area contributed by atoms with Gasteiger partial charge in [-0.1, -0.05) is 18.2 Å². The molecule has 5 heteroatoms. The summed E-state index contributed by atoms with van der Waals surface area (Å²) in [6, 6.07) is 5.01. The van der Waals surface area contributed by atoms with E-state index in [4.69, 9.17) is 11.0 Å². The minimum absolute atomic E-state index is 0.0454. The number of halogens is 3. The Bertz CT molecular complexity index is 442. The lowest BCUT2D eigenvalue weighted by Gasteiger charge is -2.08. The number of hydrogen-bond acceptors (Lipinski definition) is 2. The molecule has 0 saturated carbocycles. The van der Waals surface area contributed by atoms with Crippen molar-refractivity contribution in [2.24, 2.45) is 0 Å². The van der Waals surface area contributed by atoms with E-state index in [1.165, 1.54) is 12.1 Å². The summed E-state index contributed by atoms with van der Waals surface area (Å²) in [6.07, 6.45) is -1.12. The third-order valence-corrected chi connectivity index (χ3v) is 1.92. The van der Waals surface area contributed by atoms with Crippen LogP contribution in [0, 0.1) is 11.3 Å². The number of nitrogens with two attached hydrogens (primary N) is 1. The molecule has 1 aromatic rings. The lowest BCUT2D eigenvalue weighted by Crippen LogP contribution is -2.05. The van der Waals surface area contributed by atoms with Gasteiger partial charge in [-0.2, -0.15) is 18.4 Å². The Labute approximate surface area is 90.8 Å². The first-order valence-electron chi connectivity index (χ1n) is 4.45. The normalized spacial score (nSPS) is 11.6. The Morgan fingerprint density at radius 2 is 2.06 bits per heavy atom. The number of nitrogen functional groups attached to an aromatic ring is 1. The number of nitrogens with zero attached hydrogens (tertiary/aromatic N) is 1. The van der Waals surface area contributed by atoms with E-state index in [2.05, 4.69) is 0 Å². The fraction of sp³-hybridized carbons (Fsp3) is 0.182. The fourth-order valence-corrected chi connectivity index (χ4v) is 1.14. The summed E-state index contributed by atoms with van der Waals surface area (Å²) in [5.74, 6) is 0. The molecule has 0 heterocycles. The van der Waals surface area contributed by atoms with Crippen molar-refractivity contribution < 1.29 is 13.2 Å². The highest BCUT2D eigenvalue weighted by molar-refractivity contribution is 5.65. The van der Waals surface area contributed by atoms with E-state index < -0.39 is 11.7 Å². The molecule has 0 spiro atoms. The number of rotatable bonds is 2. The van der Waals surface area contributed by atoms with Crippen LogP contribution in [0.5, 0.6) is 0 Å². The maximum Gasteiger partial charge on any atom is 0.416 e. The maximum absolute atomic E-state index is 12.3. The lowest BCUT2D eigenvalue weighted by molar-refractivity contribution is -0.137. The number of hydrogen-bond donors (Lipinski definition) is 1. The van der Waals surface area contributed by atoms with Gasteiger partial charge in [-0.25, -0.2) is 0 Å². The summed E-state index contributed by atoms with van der Waals surface area (Å²) in [5.41, 5.74) is 5.21. The Kier molecular flexibility index (Phi) is 3.56. The van der Waals surface area contributed by atoms with E-state index in [9.17, 15) is 13.2 Å². The highest BCUT2D eigenvalue weighted by atomic mass is 19.4. The lowest BCUT2D eigenvalue weighted by atomic mass is 10.1. The van der Waals surface area contributed by atoms with E-state index in [1.807, 2.05) is 6.07 Å². The average Bonchev–Trinajstić information content (AvgIpc) is 2.19. The van der Waals surface area contributed by atoms with Crippen LogP contribution in [0.25, 0.3) is 6.08 Å². The molecule has 2 N–H and O–H groups in total. The molecule has 0 aromatic heterocycles. The summed E-state index contributed by atoms with van der Waals surface area (Å²) in [4.78, 5) is 0. The van der Waals surface area contributed by atoms with Crippen LogP contribution in [-0.4, -0.2) is 0 Å². The molecule has 0 unspecified atom stereocenters. The maximum atomic E-state index is 12.3. The predicted octanol–water partition coefficient (Wildman–Crippen LogP) is 3.21. The van der Waals surface area contributed by atoms with Crippen molar-refractivity contribution in [3.05, 3.63) is 35.4 Å². The molecule has 0 radical (unpaired) electrons. The van der Waals surface area contributed by atoms with Gasteiger partial charge in [0, 0.05) is 5.69 Å².